The first-order valence-corrected chi connectivity index (χ1v) is 8.78. The number of likely N-dealkylation sites (N-methyl/N-ethyl adjacent to an activating group) is 1. The Kier molecular flexibility index (Phi) is 5.58. The number of hydrogen-bond donors (Lipinski definition) is 1. The molecule has 0 saturated carbocycles. The maximum absolute atomic E-state index is 12.7. The van der Waals surface area contributed by atoms with Crippen LogP contribution in [0.3, 0.4) is 0 Å². The molecule has 8 heteroatoms. The Morgan fingerprint density at radius 2 is 1.92 bits per heavy atom. The van der Waals surface area contributed by atoms with Crippen LogP contribution in [0, 0.1) is 6.92 Å². The van der Waals surface area contributed by atoms with E-state index in [4.69, 9.17) is 16.3 Å². The lowest BCUT2D eigenvalue weighted by Gasteiger charge is -2.33. The Morgan fingerprint density at radius 3 is 2.62 bits per heavy atom. The lowest BCUT2D eigenvalue weighted by atomic mass is 10.2. The third-order valence-electron chi connectivity index (χ3n) is 4.29. The molecule has 0 bridgehead atoms. The first kappa shape index (κ1) is 18.4. The van der Waals surface area contributed by atoms with Gasteiger partial charge in [0.1, 0.15) is 23.1 Å². The Bertz CT molecular complexity index is 806. The molecule has 1 saturated heterocycles. The zero-order valence-corrected chi connectivity index (χ0v) is 15.9. The van der Waals surface area contributed by atoms with E-state index in [9.17, 15) is 4.79 Å². The Labute approximate surface area is 157 Å². The smallest absolute Gasteiger partial charge is 0.274 e. The van der Waals surface area contributed by atoms with E-state index in [1.165, 1.54) is 0 Å². The van der Waals surface area contributed by atoms with E-state index in [1.54, 1.807) is 38.3 Å². The van der Waals surface area contributed by atoms with E-state index in [2.05, 4.69) is 32.1 Å². The molecular formula is C18H22ClN5O2. The summed E-state index contributed by atoms with van der Waals surface area (Å²) in [5.41, 5.74) is 0.816. The van der Waals surface area contributed by atoms with Gasteiger partial charge in [0, 0.05) is 37.3 Å². The van der Waals surface area contributed by atoms with Crippen LogP contribution in [0.2, 0.25) is 5.02 Å². The van der Waals surface area contributed by atoms with Gasteiger partial charge in [-0.25, -0.2) is 9.97 Å². The number of halogens is 1. The summed E-state index contributed by atoms with van der Waals surface area (Å²) in [6.07, 6.45) is 0. The van der Waals surface area contributed by atoms with Gasteiger partial charge in [-0.3, -0.25) is 4.79 Å². The van der Waals surface area contributed by atoms with Crippen molar-refractivity contribution < 1.29 is 9.53 Å². The number of rotatable bonds is 4. The largest absolute Gasteiger partial charge is 0.495 e. The van der Waals surface area contributed by atoms with Crippen molar-refractivity contribution in [3.63, 3.8) is 0 Å². The zero-order valence-electron chi connectivity index (χ0n) is 15.1. The summed E-state index contributed by atoms with van der Waals surface area (Å²) >= 11 is 6.02. The first-order chi connectivity index (χ1) is 12.5. The molecule has 0 aliphatic carbocycles. The fraction of sp³-hybridized carbons (Fsp3) is 0.389. The van der Waals surface area contributed by atoms with Crippen molar-refractivity contribution in [3.05, 3.63) is 40.8 Å². The summed E-state index contributed by atoms with van der Waals surface area (Å²) in [5.74, 6) is 1.54. The van der Waals surface area contributed by atoms with E-state index < -0.39 is 0 Å². The lowest BCUT2D eigenvalue weighted by molar-refractivity contribution is 0.102. The summed E-state index contributed by atoms with van der Waals surface area (Å²) in [6, 6.07) is 6.79. The van der Waals surface area contributed by atoms with Crippen molar-refractivity contribution in [1.82, 2.24) is 14.9 Å². The maximum atomic E-state index is 12.7. The van der Waals surface area contributed by atoms with Gasteiger partial charge in [-0.1, -0.05) is 11.6 Å². The number of benzene rings is 1. The molecule has 1 aromatic carbocycles. The highest BCUT2D eigenvalue weighted by Gasteiger charge is 2.19. The molecule has 1 fully saturated rings. The standard InChI is InChI=1S/C18H22ClN5O2/c1-12-20-15(11-17(21-12)24-8-6-23(2)7-9-24)18(25)22-14-10-13(19)4-5-16(14)26-3/h4-5,10-11H,6-9H2,1-3H3,(H,22,25). The zero-order chi connectivity index (χ0) is 18.7. The third-order valence-corrected chi connectivity index (χ3v) is 4.53. The molecule has 2 heterocycles. The van der Waals surface area contributed by atoms with Gasteiger partial charge in [0.2, 0.25) is 0 Å². The molecule has 1 aliphatic rings. The number of carbonyl (C=O) groups excluding carboxylic acids is 1. The van der Waals surface area contributed by atoms with E-state index in [0.717, 1.165) is 32.0 Å². The topological polar surface area (TPSA) is 70.6 Å². The predicted molar refractivity (Wildman–Crippen MR) is 102 cm³/mol. The van der Waals surface area contributed by atoms with Gasteiger partial charge in [0.25, 0.3) is 5.91 Å². The number of amides is 1. The van der Waals surface area contributed by atoms with E-state index in [-0.39, 0.29) is 5.91 Å². The van der Waals surface area contributed by atoms with Crippen LogP contribution in [0.5, 0.6) is 5.75 Å². The van der Waals surface area contributed by atoms with E-state index >= 15 is 0 Å². The predicted octanol–water partition coefficient (Wildman–Crippen LogP) is 2.45. The second-order valence-corrected chi connectivity index (χ2v) is 6.68. The number of nitrogens with one attached hydrogen (secondary N) is 1. The Hall–Kier alpha value is -2.38. The molecule has 7 nitrogen and oxygen atoms in total. The van der Waals surface area contributed by atoms with Crippen LogP contribution in [-0.4, -0.2) is 61.1 Å². The number of ether oxygens (including phenoxy) is 1. The van der Waals surface area contributed by atoms with Gasteiger partial charge in [-0.05, 0) is 32.2 Å². The molecule has 138 valence electrons. The minimum atomic E-state index is -0.327. The summed E-state index contributed by atoms with van der Waals surface area (Å²) in [6.45, 7) is 5.46. The molecule has 1 aromatic heterocycles. The van der Waals surface area contributed by atoms with Gasteiger partial charge in [-0.15, -0.1) is 0 Å². The number of carbonyl (C=O) groups is 1. The van der Waals surface area contributed by atoms with Gasteiger partial charge in [0.05, 0.1) is 12.8 Å². The summed E-state index contributed by atoms with van der Waals surface area (Å²) in [5, 5.41) is 3.33. The molecule has 3 rings (SSSR count). The molecule has 2 aromatic rings. The van der Waals surface area contributed by atoms with Crippen molar-refractivity contribution in [2.24, 2.45) is 0 Å². The summed E-state index contributed by atoms with van der Waals surface area (Å²) in [7, 11) is 3.64. The molecule has 1 aliphatic heterocycles. The normalized spacial score (nSPS) is 15.0. The van der Waals surface area contributed by atoms with Crippen molar-refractivity contribution >= 4 is 29.0 Å². The quantitative estimate of drug-likeness (QED) is 0.885. The number of anilines is 2. The van der Waals surface area contributed by atoms with Crippen LogP contribution in [0.15, 0.2) is 24.3 Å². The number of hydrogen-bond acceptors (Lipinski definition) is 6. The second-order valence-electron chi connectivity index (χ2n) is 6.25. The van der Waals surface area contributed by atoms with Crippen molar-refractivity contribution in [2.45, 2.75) is 6.92 Å². The van der Waals surface area contributed by atoms with E-state index in [0.29, 0.717) is 28.0 Å². The number of aromatic nitrogens is 2. The number of nitrogens with zero attached hydrogens (tertiary/aromatic N) is 4. The van der Waals surface area contributed by atoms with Crippen molar-refractivity contribution in [2.75, 3.05) is 50.6 Å². The third kappa shape index (κ3) is 4.23. The monoisotopic (exact) mass is 375 g/mol. The summed E-state index contributed by atoms with van der Waals surface area (Å²) in [4.78, 5) is 25.9. The highest BCUT2D eigenvalue weighted by Crippen LogP contribution is 2.28. The van der Waals surface area contributed by atoms with Crippen LogP contribution in [0.1, 0.15) is 16.3 Å². The van der Waals surface area contributed by atoms with Gasteiger partial charge in [0.15, 0.2) is 0 Å². The molecule has 0 radical (unpaired) electrons. The lowest BCUT2D eigenvalue weighted by Crippen LogP contribution is -2.45. The SMILES string of the molecule is COc1ccc(Cl)cc1NC(=O)c1cc(N2CCN(C)CC2)nc(C)n1. The van der Waals surface area contributed by atoms with E-state index in [1.807, 2.05) is 0 Å². The van der Waals surface area contributed by atoms with Crippen LogP contribution in [0.4, 0.5) is 11.5 Å². The van der Waals surface area contributed by atoms with Gasteiger partial charge >= 0.3 is 0 Å². The second kappa shape index (κ2) is 7.88. The molecule has 0 spiro atoms. The number of piperazine rings is 1. The van der Waals surface area contributed by atoms with Gasteiger partial charge in [-0.2, -0.15) is 0 Å². The average Bonchev–Trinajstić information content (AvgIpc) is 2.62. The molecular weight excluding hydrogens is 354 g/mol. The number of aryl methyl sites for hydroxylation is 1. The van der Waals surface area contributed by atoms with Crippen LogP contribution in [-0.2, 0) is 0 Å². The highest BCUT2D eigenvalue weighted by atomic mass is 35.5. The fourth-order valence-corrected chi connectivity index (χ4v) is 3.00. The van der Waals surface area contributed by atoms with Crippen LogP contribution < -0.4 is 15.0 Å². The molecule has 0 unspecified atom stereocenters. The minimum absolute atomic E-state index is 0.313. The van der Waals surface area contributed by atoms with Crippen LogP contribution in [0.25, 0.3) is 0 Å². The fourth-order valence-electron chi connectivity index (χ4n) is 2.83. The van der Waals surface area contributed by atoms with Crippen LogP contribution >= 0.6 is 11.6 Å². The Balaban J connectivity index is 1.82. The highest BCUT2D eigenvalue weighted by molar-refractivity contribution is 6.31. The van der Waals surface area contributed by atoms with Crippen molar-refractivity contribution in [1.29, 1.82) is 0 Å². The molecule has 1 amide bonds. The first-order valence-electron chi connectivity index (χ1n) is 8.40. The summed E-state index contributed by atoms with van der Waals surface area (Å²) < 4.78 is 5.27. The minimum Gasteiger partial charge on any atom is -0.495 e. The molecule has 1 N–H and O–H groups in total. The number of methoxy groups -OCH3 is 1. The molecule has 26 heavy (non-hydrogen) atoms. The Morgan fingerprint density at radius 1 is 1.19 bits per heavy atom. The van der Waals surface area contributed by atoms with Gasteiger partial charge < -0.3 is 19.9 Å². The molecule has 0 atom stereocenters. The average molecular weight is 376 g/mol. The van der Waals surface area contributed by atoms with Crippen molar-refractivity contribution in [3.8, 4) is 5.75 Å². The maximum Gasteiger partial charge on any atom is 0.274 e.